The highest BCUT2D eigenvalue weighted by Crippen LogP contribution is 2.14. The van der Waals surface area contributed by atoms with E-state index in [2.05, 4.69) is 38.2 Å². The Balaban J connectivity index is 3.43. The lowest BCUT2D eigenvalue weighted by molar-refractivity contribution is -0.154. The number of carbonyl (C=O) groups excluding carboxylic acids is 1. The summed E-state index contributed by atoms with van der Waals surface area (Å²) in [6.07, 6.45) is 42.1. The monoisotopic (exact) mass is 593 g/mol. The normalized spacial score (nSPS) is 12.5. The van der Waals surface area contributed by atoms with Crippen molar-refractivity contribution in [3.8, 4) is 0 Å². The Labute approximate surface area is 262 Å². The number of hydrogen-bond acceptors (Lipinski definition) is 4. The number of hydrogen-bond donors (Lipinski definition) is 1. The summed E-state index contributed by atoms with van der Waals surface area (Å²) < 4.78 is 11.1. The molecule has 1 unspecified atom stereocenters. The van der Waals surface area contributed by atoms with Gasteiger partial charge in [-0.25, -0.2) is 0 Å². The van der Waals surface area contributed by atoms with E-state index in [9.17, 15) is 9.90 Å². The number of esters is 1. The molecular formula is C38H72O4. The highest BCUT2D eigenvalue weighted by molar-refractivity contribution is 5.69. The van der Waals surface area contributed by atoms with E-state index in [1.54, 1.807) is 0 Å². The lowest BCUT2D eigenvalue weighted by Gasteiger charge is -2.15. The van der Waals surface area contributed by atoms with Crippen molar-refractivity contribution in [3.63, 3.8) is 0 Å². The highest BCUT2D eigenvalue weighted by Gasteiger charge is 2.13. The maximum absolute atomic E-state index is 12.1. The molecule has 0 saturated heterocycles. The van der Waals surface area contributed by atoms with Crippen LogP contribution < -0.4 is 0 Å². The average Bonchev–Trinajstić information content (AvgIpc) is 3.00. The van der Waals surface area contributed by atoms with Crippen molar-refractivity contribution in [2.75, 3.05) is 19.8 Å². The number of aliphatic hydroxyl groups excluding tert-OH is 1. The van der Waals surface area contributed by atoms with E-state index in [0.29, 0.717) is 19.6 Å². The van der Waals surface area contributed by atoms with Crippen molar-refractivity contribution in [2.45, 2.75) is 193 Å². The van der Waals surface area contributed by atoms with E-state index >= 15 is 0 Å². The molecule has 0 spiro atoms. The minimum absolute atomic E-state index is 0.174. The Bertz CT molecular complexity index is 586. The van der Waals surface area contributed by atoms with Crippen LogP contribution in [0.25, 0.3) is 0 Å². The summed E-state index contributed by atoms with van der Waals surface area (Å²) >= 11 is 0. The van der Waals surface area contributed by atoms with Crippen LogP contribution in [0.1, 0.15) is 187 Å². The molecule has 0 saturated carbocycles. The smallest absolute Gasteiger partial charge is 0.306 e. The van der Waals surface area contributed by atoms with Gasteiger partial charge in [0, 0.05) is 13.0 Å². The lowest BCUT2D eigenvalue weighted by Crippen LogP contribution is -2.27. The maximum Gasteiger partial charge on any atom is 0.306 e. The molecule has 1 N–H and O–H groups in total. The number of ether oxygens (including phenoxy) is 2. The molecule has 0 aliphatic rings. The van der Waals surface area contributed by atoms with Crippen LogP contribution in [0.15, 0.2) is 24.3 Å². The number of aliphatic hydroxyl groups is 1. The number of carbonyl (C=O) groups is 1. The van der Waals surface area contributed by atoms with Crippen molar-refractivity contribution in [1.82, 2.24) is 0 Å². The molecule has 0 aliphatic carbocycles. The molecule has 1 atom stereocenters. The van der Waals surface area contributed by atoms with Gasteiger partial charge in [0.2, 0.25) is 0 Å². The van der Waals surface area contributed by atoms with Gasteiger partial charge in [-0.05, 0) is 38.5 Å². The Kier molecular flexibility index (Phi) is 35.1. The Morgan fingerprint density at radius 3 is 1.55 bits per heavy atom. The van der Waals surface area contributed by atoms with Crippen LogP contribution in [-0.2, 0) is 14.3 Å². The van der Waals surface area contributed by atoms with Crippen molar-refractivity contribution in [2.24, 2.45) is 0 Å². The van der Waals surface area contributed by atoms with Gasteiger partial charge in [0.1, 0.15) is 6.10 Å². The first-order chi connectivity index (χ1) is 20.7. The van der Waals surface area contributed by atoms with Crippen molar-refractivity contribution in [3.05, 3.63) is 24.3 Å². The Morgan fingerprint density at radius 1 is 0.571 bits per heavy atom. The second-order valence-corrected chi connectivity index (χ2v) is 12.3. The molecule has 0 aliphatic heterocycles. The third kappa shape index (κ3) is 33.4. The van der Waals surface area contributed by atoms with Crippen LogP contribution in [0.4, 0.5) is 0 Å². The number of unbranched alkanes of at least 4 members (excludes halogenated alkanes) is 22. The van der Waals surface area contributed by atoms with Gasteiger partial charge in [0.25, 0.3) is 0 Å². The molecule has 0 radical (unpaired) electrons. The largest absolute Gasteiger partial charge is 0.457 e. The van der Waals surface area contributed by atoms with Gasteiger partial charge in [-0.1, -0.05) is 167 Å². The van der Waals surface area contributed by atoms with E-state index in [-0.39, 0.29) is 12.6 Å². The number of rotatable bonds is 34. The number of allylic oxidation sites excluding steroid dienone is 4. The van der Waals surface area contributed by atoms with E-state index in [1.807, 2.05) is 0 Å². The second kappa shape index (κ2) is 36.1. The van der Waals surface area contributed by atoms with Crippen molar-refractivity contribution >= 4 is 5.97 Å². The molecule has 0 fully saturated rings. The maximum atomic E-state index is 12.1. The zero-order valence-electron chi connectivity index (χ0n) is 28.3. The molecule has 248 valence electrons. The van der Waals surface area contributed by atoms with Crippen LogP contribution in [0.2, 0.25) is 0 Å². The molecule has 0 aromatic carbocycles. The van der Waals surface area contributed by atoms with E-state index in [0.717, 1.165) is 38.5 Å². The molecule has 0 bridgehead atoms. The zero-order chi connectivity index (χ0) is 30.6. The molecule has 42 heavy (non-hydrogen) atoms. The van der Waals surface area contributed by atoms with Gasteiger partial charge >= 0.3 is 5.97 Å². The molecule has 4 heteroatoms. The van der Waals surface area contributed by atoms with E-state index in [1.165, 1.54) is 128 Å². The molecule has 0 aromatic heterocycles. The summed E-state index contributed by atoms with van der Waals surface area (Å²) in [6, 6.07) is 0. The van der Waals surface area contributed by atoms with E-state index < -0.39 is 6.10 Å². The standard InChI is InChI=1S/C38H72O4/c1-3-5-7-9-11-13-15-17-19-20-22-24-26-28-30-32-34-41-36-37(35-39)42-38(40)33-31-29-27-25-23-21-18-16-14-12-10-8-6-4-2/h10,12,16,18,37,39H,3-9,11,13-15,17,19-36H2,1-2H3/b12-10-,18-16-. The topological polar surface area (TPSA) is 55.8 Å². The summed E-state index contributed by atoms with van der Waals surface area (Å²) in [5.74, 6) is -0.213. The summed E-state index contributed by atoms with van der Waals surface area (Å²) in [7, 11) is 0. The molecular weight excluding hydrogens is 520 g/mol. The first-order valence-electron chi connectivity index (χ1n) is 18.4. The van der Waals surface area contributed by atoms with Crippen LogP contribution in [-0.4, -0.2) is 37.0 Å². The first kappa shape index (κ1) is 40.9. The Morgan fingerprint density at radius 2 is 1.02 bits per heavy atom. The SMILES string of the molecule is CCCC/C=C\C/C=C\CCCCCCCC(=O)OC(CO)COCCCCCCCCCCCCCCCCCC. The lowest BCUT2D eigenvalue weighted by atomic mass is 10.0. The highest BCUT2D eigenvalue weighted by atomic mass is 16.6. The Hall–Kier alpha value is -1.13. The predicted octanol–water partition coefficient (Wildman–Crippen LogP) is 11.6. The fourth-order valence-corrected chi connectivity index (χ4v) is 5.23. The fourth-order valence-electron chi connectivity index (χ4n) is 5.23. The summed E-state index contributed by atoms with van der Waals surface area (Å²) in [4.78, 5) is 12.1. The van der Waals surface area contributed by atoms with Gasteiger partial charge in [0.05, 0.1) is 13.2 Å². The minimum atomic E-state index is -0.535. The summed E-state index contributed by atoms with van der Waals surface area (Å²) in [5.41, 5.74) is 0. The third-order valence-electron chi connectivity index (χ3n) is 8.03. The molecule has 0 aromatic rings. The van der Waals surface area contributed by atoms with Gasteiger partial charge in [-0.15, -0.1) is 0 Å². The van der Waals surface area contributed by atoms with Crippen LogP contribution in [0, 0.1) is 0 Å². The molecule has 4 nitrogen and oxygen atoms in total. The van der Waals surface area contributed by atoms with Crippen molar-refractivity contribution in [1.29, 1.82) is 0 Å². The van der Waals surface area contributed by atoms with Gasteiger partial charge in [-0.2, -0.15) is 0 Å². The molecule has 0 heterocycles. The predicted molar refractivity (Wildman–Crippen MR) is 182 cm³/mol. The second-order valence-electron chi connectivity index (χ2n) is 12.3. The van der Waals surface area contributed by atoms with Gasteiger partial charge in [-0.3, -0.25) is 4.79 Å². The van der Waals surface area contributed by atoms with Gasteiger partial charge < -0.3 is 14.6 Å². The van der Waals surface area contributed by atoms with Crippen LogP contribution in [0.3, 0.4) is 0 Å². The van der Waals surface area contributed by atoms with E-state index in [4.69, 9.17) is 9.47 Å². The zero-order valence-corrected chi connectivity index (χ0v) is 28.3. The quantitative estimate of drug-likeness (QED) is 0.0459. The average molecular weight is 593 g/mol. The fraction of sp³-hybridized carbons (Fsp3) is 0.868. The van der Waals surface area contributed by atoms with Crippen LogP contribution >= 0.6 is 0 Å². The summed E-state index contributed by atoms with van der Waals surface area (Å²) in [6.45, 7) is 5.31. The van der Waals surface area contributed by atoms with Crippen molar-refractivity contribution < 1.29 is 19.4 Å². The first-order valence-corrected chi connectivity index (χ1v) is 18.4. The summed E-state index contributed by atoms with van der Waals surface area (Å²) in [5, 5.41) is 9.55. The van der Waals surface area contributed by atoms with Crippen LogP contribution in [0.5, 0.6) is 0 Å². The molecule has 0 amide bonds. The van der Waals surface area contributed by atoms with Gasteiger partial charge in [0.15, 0.2) is 0 Å². The molecule has 0 rings (SSSR count). The third-order valence-corrected chi connectivity index (χ3v) is 8.03. The minimum Gasteiger partial charge on any atom is -0.457 e.